The van der Waals surface area contributed by atoms with Crippen LogP contribution in [-0.2, 0) is 26.2 Å². The van der Waals surface area contributed by atoms with Crippen LogP contribution in [0.25, 0.3) is 10.8 Å². The van der Waals surface area contributed by atoms with E-state index in [-0.39, 0.29) is 17.9 Å². The molecular weight excluding hydrogens is 486 g/mol. The molecular formula is C29H23N3O4S. The number of amides is 2. The Bertz CT molecular complexity index is 1660. The fourth-order valence-corrected chi connectivity index (χ4v) is 6.10. The lowest BCUT2D eigenvalue weighted by Crippen LogP contribution is -2.45. The highest BCUT2D eigenvalue weighted by Crippen LogP contribution is 2.32. The maximum absolute atomic E-state index is 14.0. The first-order valence-corrected chi connectivity index (χ1v) is 13.1. The van der Waals surface area contributed by atoms with E-state index < -0.39 is 27.9 Å². The first-order valence-electron chi connectivity index (χ1n) is 11.7. The number of benzene rings is 4. The average Bonchev–Trinajstić information content (AvgIpc) is 3.20. The van der Waals surface area contributed by atoms with Gasteiger partial charge in [0.1, 0.15) is 6.04 Å². The summed E-state index contributed by atoms with van der Waals surface area (Å²) in [5.41, 5.74) is 2.41. The number of sulfonamides is 1. The summed E-state index contributed by atoms with van der Waals surface area (Å²) in [6, 6.07) is 26.5. The zero-order chi connectivity index (χ0) is 26.2. The van der Waals surface area contributed by atoms with E-state index in [9.17, 15) is 18.0 Å². The van der Waals surface area contributed by atoms with Gasteiger partial charge in [-0.25, -0.2) is 13.3 Å². The Morgan fingerprint density at radius 2 is 1.59 bits per heavy atom. The van der Waals surface area contributed by atoms with Crippen LogP contribution in [-0.4, -0.2) is 30.6 Å². The number of hydrogen-bond acceptors (Lipinski definition) is 5. The molecule has 184 valence electrons. The molecule has 1 fully saturated rings. The van der Waals surface area contributed by atoms with Crippen LogP contribution in [0.15, 0.2) is 95.9 Å². The van der Waals surface area contributed by atoms with Gasteiger partial charge in [0.2, 0.25) is 15.9 Å². The first kappa shape index (κ1) is 24.4. The van der Waals surface area contributed by atoms with Crippen molar-refractivity contribution < 1.29 is 18.0 Å². The Morgan fingerprint density at radius 3 is 2.27 bits per heavy atom. The number of nitrogens with zero attached hydrogens (tertiary/aromatic N) is 3. The molecule has 0 spiro atoms. The highest BCUT2D eigenvalue weighted by atomic mass is 32.2. The van der Waals surface area contributed by atoms with Gasteiger partial charge in [0.05, 0.1) is 28.6 Å². The minimum atomic E-state index is -4.17. The molecule has 8 heteroatoms. The summed E-state index contributed by atoms with van der Waals surface area (Å²) < 4.78 is 29.2. The van der Waals surface area contributed by atoms with Crippen LogP contribution in [0, 0.1) is 18.3 Å². The Labute approximate surface area is 215 Å². The van der Waals surface area contributed by atoms with Gasteiger partial charge >= 0.3 is 0 Å². The highest BCUT2D eigenvalue weighted by Gasteiger charge is 2.47. The van der Waals surface area contributed by atoms with Gasteiger partial charge in [-0.05, 0) is 59.7 Å². The number of carbonyl (C=O) groups excluding carboxylic acids is 2. The highest BCUT2D eigenvalue weighted by molar-refractivity contribution is 7.89. The summed E-state index contributed by atoms with van der Waals surface area (Å²) in [6.45, 7) is 1.86. The monoisotopic (exact) mass is 509 g/mol. The molecule has 1 saturated heterocycles. The van der Waals surface area contributed by atoms with Crippen molar-refractivity contribution in [2.24, 2.45) is 0 Å². The number of rotatable bonds is 6. The number of carbonyl (C=O) groups is 2. The second-order valence-corrected chi connectivity index (χ2v) is 10.9. The summed E-state index contributed by atoms with van der Waals surface area (Å²) >= 11 is 0. The molecule has 0 N–H and O–H groups in total. The molecule has 0 aromatic heterocycles. The number of anilines is 1. The van der Waals surface area contributed by atoms with Gasteiger partial charge in [0.15, 0.2) is 0 Å². The number of hydrogen-bond donors (Lipinski definition) is 0. The van der Waals surface area contributed by atoms with Crippen LogP contribution < -0.4 is 4.90 Å². The first-order chi connectivity index (χ1) is 17.8. The lowest BCUT2D eigenvalue weighted by Gasteiger charge is -2.27. The van der Waals surface area contributed by atoms with Crippen molar-refractivity contribution in [3.63, 3.8) is 0 Å². The summed E-state index contributed by atoms with van der Waals surface area (Å²) in [5.74, 6) is -1.12. The predicted octanol–water partition coefficient (Wildman–Crippen LogP) is 4.54. The van der Waals surface area contributed by atoms with Gasteiger partial charge in [-0.1, -0.05) is 60.2 Å². The third kappa shape index (κ3) is 4.62. The van der Waals surface area contributed by atoms with Crippen molar-refractivity contribution in [3.8, 4) is 6.07 Å². The molecule has 0 aliphatic carbocycles. The van der Waals surface area contributed by atoms with Crippen molar-refractivity contribution in [2.45, 2.75) is 30.8 Å². The zero-order valence-corrected chi connectivity index (χ0v) is 20.9. The number of fused-ring (bicyclic) bond motifs is 1. The van der Waals surface area contributed by atoms with Crippen molar-refractivity contribution in [1.82, 2.24) is 4.31 Å². The smallest absolute Gasteiger partial charge is 0.252 e. The summed E-state index contributed by atoms with van der Waals surface area (Å²) in [6.07, 6.45) is -0.280. The van der Waals surface area contributed by atoms with Gasteiger partial charge in [-0.3, -0.25) is 9.59 Å². The van der Waals surface area contributed by atoms with E-state index in [1.165, 1.54) is 30.3 Å². The quantitative estimate of drug-likeness (QED) is 0.355. The van der Waals surface area contributed by atoms with Crippen molar-refractivity contribution in [1.29, 1.82) is 5.26 Å². The second-order valence-electron chi connectivity index (χ2n) is 8.99. The Kier molecular flexibility index (Phi) is 6.34. The van der Waals surface area contributed by atoms with Crippen LogP contribution in [0.5, 0.6) is 0 Å². The van der Waals surface area contributed by atoms with E-state index in [2.05, 4.69) is 0 Å². The molecule has 0 bridgehead atoms. The molecule has 7 nitrogen and oxygen atoms in total. The van der Waals surface area contributed by atoms with Crippen molar-refractivity contribution in [2.75, 3.05) is 4.90 Å². The molecule has 2 amide bonds. The van der Waals surface area contributed by atoms with Gasteiger partial charge in [0.25, 0.3) is 5.91 Å². The number of nitriles is 1. The molecule has 4 aromatic rings. The predicted molar refractivity (Wildman–Crippen MR) is 140 cm³/mol. The minimum absolute atomic E-state index is 0.0513. The molecule has 37 heavy (non-hydrogen) atoms. The Morgan fingerprint density at radius 1 is 0.919 bits per heavy atom. The molecule has 0 radical (unpaired) electrons. The number of aryl methyl sites for hydroxylation is 1. The molecule has 0 saturated carbocycles. The van der Waals surface area contributed by atoms with Gasteiger partial charge in [0, 0.05) is 6.54 Å². The van der Waals surface area contributed by atoms with E-state index in [1.54, 1.807) is 12.1 Å². The topological polar surface area (TPSA) is 98.5 Å². The molecule has 1 atom stereocenters. The molecule has 5 rings (SSSR count). The summed E-state index contributed by atoms with van der Waals surface area (Å²) in [7, 11) is -4.17. The van der Waals surface area contributed by atoms with Crippen LogP contribution in [0.2, 0.25) is 0 Å². The normalized spacial score (nSPS) is 15.9. The molecule has 1 unspecified atom stereocenters. The number of imide groups is 1. The standard InChI is InChI=1S/C29H23N3O4S/c1-20-6-8-22(9-7-20)19-31(37(35,36)26-15-12-23-4-2-3-5-24(23)16-26)27-17-28(33)32(29(27)34)25-13-10-21(18-30)11-14-25/h2-16,27H,17,19H2,1H3. The largest absolute Gasteiger partial charge is 0.274 e. The van der Waals surface area contributed by atoms with Crippen molar-refractivity contribution in [3.05, 3.63) is 108 Å². The van der Waals surface area contributed by atoms with Gasteiger partial charge in [-0.2, -0.15) is 9.57 Å². The summed E-state index contributed by atoms with van der Waals surface area (Å²) in [4.78, 5) is 27.6. The van der Waals surface area contributed by atoms with E-state index in [0.29, 0.717) is 16.8 Å². The zero-order valence-electron chi connectivity index (χ0n) is 20.0. The Balaban J connectivity index is 1.56. The third-order valence-corrected chi connectivity index (χ3v) is 8.36. The maximum Gasteiger partial charge on any atom is 0.252 e. The molecule has 1 heterocycles. The molecule has 4 aromatic carbocycles. The average molecular weight is 510 g/mol. The van der Waals surface area contributed by atoms with Gasteiger partial charge in [-0.15, -0.1) is 0 Å². The van der Waals surface area contributed by atoms with E-state index >= 15 is 0 Å². The van der Waals surface area contributed by atoms with E-state index in [4.69, 9.17) is 5.26 Å². The minimum Gasteiger partial charge on any atom is -0.274 e. The van der Waals surface area contributed by atoms with E-state index in [1.807, 2.05) is 61.5 Å². The van der Waals surface area contributed by atoms with Crippen molar-refractivity contribution >= 4 is 38.3 Å². The Hall–Kier alpha value is -4.32. The fourth-order valence-electron chi connectivity index (χ4n) is 4.50. The van der Waals surface area contributed by atoms with Crippen LogP contribution in [0.4, 0.5) is 5.69 Å². The second kappa shape index (κ2) is 9.62. The maximum atomic E-state index is 14.0. The molecule has 1 aliphatic rings. The van der Waals surface area contributed by atoms with Crippen LogP contribution in [0.3, 0.4) is 0 Å². The lowest BCUT2D eigenvalue weighted by atomic mass is 10.1. The van der Waals surface area contributed by atoms with E-state index in [0.717, 1.165) is 25.5 Å². The lowest BCUT2D eigenvalue weighted by molar-refractivity contribution is -0.122. The van der Waals surface area contributed by atoms with Crippen LogP contribution >= 0.6 is 0 Å². The SMILES string of the molecule is Cc1ccc(CN(C2CC(=O)N(c3ccc(C#N)cc3)C2=O)S(=O)(=O)c2ccc3ccccc3c2)cc1. The van der Waals surface area contributed by atoms with Gasteiger partial charge < -0.3 is 0 Å². The van der Waals surface area contributed by atoms with Crippen LogP contribution in [0.1, 0.15) is 23.1 Å². The molecule has 1 aliphatic heterocycles. The summed E-state index contributed by atoms with van der Waals surface area (Å²) in [5, 5.41) is 10.7. The third-order valence-electron chi connectivity index (χ3n) is 6.51. The fraction of sp³-hybridized carbons (Fsp3) is 0.138.